The number of aromatic nitrogens is 3. The normalized spacial score (nSPS) is 19.1. The van der Waals surface area contributed by atoms with Gasteiger partial charge < -0.3 is 21.4 Å². The molecule has 8 nitrogen and oxygen atoms in total. The standard InChI is InChI=1S/C25H28ClN7O/c1-15(27)10-11-22(28-2)24(34)31-16-6-5-7-17(12-16)32-25-30-14-20(26)23(33-25)19-13-29-21-9-4-3-8-18(19)21/h3-4,8-11,13-14,16-17,29H,2,5-7,12,27H2,1H3,(H,31,34)(H,30,32,33)/b15-10+,22-11-/t16-,17+/m0/s1. The number of fused-ring (bicyclic) bond motifs is 1. The lowest BCUT2D eigenvalue weighted by Crippen LogP contribution is -2.42. The van der Waals surface area contributed by atoms with Crippen LogP contribution in [0.25, 0.3) is 22.2 Å². The molecule has 0 bridgehead atoms. The number of nitrogens with two attached hydrogens (primary N) is 1. The van der Waals surface area contributed by atoms with E-state index in [-0.39, 0.29) is 23.7 Å². The van der Waals surface area contributed by atoms with Gasteiger partial charge in [-0.2, -0.15) is 0 Å². The largest absolute Gasteiger partial charge is 0.402 e. The molecule has 176 valence electrons. The number of carbonyl (C=O) groups is 1. The molecule has 5 N–H and O–H groups in total. The van der Waals surface area contributed by atoms with Crippen molar-refractivity contribution in [3.63, 3.8) is 0 Å². The van der Waals surface area contributed by atoms with Gasteiger partial charge in [0.05, 0.1) is 16.9 Å². The van der Waals surface area contributed by atoms with Crippen molar-refractivity contribution in [1.29, 1.82) is 0 Å². The first kappa shape index (κ1) is 23.5. The van der Waals surface area contributed by atoms with Crippen molar-refractivity contribution in [3.8, 4) is 11.3 Å². The summed E-state index contributed by atoms with van der Waals surface area (Å²) in [5.74, 6) is 0.251. The number of rotatable bonds is 7. The number of para-hydroxylation sites is 1. The number of hydrogen-bond acceptors (Lipinski definition) is 6. The van der Waals surface area contributed by atoms with Crippen LogP contribution < -0.4 is 16.4 Å². The SMILES string of the molecule is C=N/C(=C\C=C(/C)N)C(=O)N[C@H]1CCC[C@@H](Nc2ncc(Cl)c(-c3c[nH]c4ccccc34)n2)C1. The topological polar surface area (TPSA) is 121 Å². The van der Waals surface area contributed by atoms with Gasteiger partial charge >= 0.3 is 0 Å². The molecule has 1 aliphatic rings. The molecule has 0 radical (unpaired) electrons. The molecule has 2 aromatic heterocycles. The monoisotopic (exact) mass is 477 g/mol. The van der Waals surface area contributed by atoms with Gasteiger partial charge in [0, 0.05) is 40.4 Å². The lowest BCUT2D eigenvalue weighted by atomic mass is 9.91. The van der Waals surface area contributed by atoms with Crippen LogP contribution >= 0.6 is 11.6 Å². The van der Waals surface area contributed by atoms with Crippen molar-refractivity contribution in [2.75, 3.05) is 5.32 Å². The summed E-state index contributed by atoms with van der Waals surface area (Å²) in [6.45, 7) is 5.23. The minimum atomic E-state index is -0.262. The molecule has 2 heterocycles. The summed E-state index contributed by atoms with van der Waals surface area (Å²) in [4.78, 5) is 28.8. The highest BCUT2D eigenvalue weighted by Gasteiger charge is 2.25. The highest BCUT2D eigenvalue weighted by molar-refractivity contribution is 6.33. The smallest absolute Gasteiger partial charge is 0.270 e. The van der Waals surface area contributed by atoms with E-state index >= 15 is 0 Å². The third-order valence-electron chi connectivity index (χ3n) is 5.84. The van der Waals surface area contributed by atoms with Crippen molar-refractivity contribution < 1.29 is 4.79 Å². The number of aliphatic imine (C=N–C) groups is 1. The van der Waals surface area contributed by atoms with Crippen LogP contribution in [0, 0.1) is 0 Å². The number of nitrogens with zero attached hydrogens (tertiary/aromatic N) is 3. The summed E-state index contributed by atoms with van der Waals surface area (Å²) in [7, 11) is 0. The minimum Gasteiger partial charge on any atom is -0.402 e. The zero-order valence-electron chi connectivity index (χ0n) is 19.0. The van der Waals surface area contributed by atoms with Crippen LogP contribution in [0.15, 0.2) is 65.2 Å². The van der Waals surface area contributed by atoms with Gasteiger partial charge in [-0.05, 0) is 57.5 Å². The van der Waals surface area contributed by atoms with Crippen LogP contribution in [-0.2, 0) is 4.79 Å². The lowest BCUT2D eigenvalue weighted by molar-refractivity contribution is -0.118. The summed E-state index contributed by atoms with van der Waals surface area (Å²) in [6.07, 6.45) is 10.3. The van der Waals surface area contributed by atoms with Gasteiger partial charge in [0.15, 0.2) is 0 Å². The number of nitrogens with one attached hydrogen (secondary N) is 3. The van der Waals surface area contributed by atoms with E-state index < -0.39 is 0 Å². The molecule has 0 spiro atoms. The maximum Gasteiger partial charge on any atom is 0.270 e. The van der Waals surface area contributed by atoms with E-state index in [0.29, 0.717) is 22.4 Å². The average molecular weight is 478 g/mol. The van der Waals surface area contributed by atoms with Crippen LogP contribution in [-0.4, -0.2) is 39.7 Å². The highest BCUT2D eigenvalue weighted by atomic mass is 35.5. The number of H-pyrrole nitrogens is 1. The summed E-state index contributed by atoms with van der Waals surface area (Å²) in [6, 6.07) is 8.14. The Kier molecular flexibility index (Phi) is 7.27. The Morgan fingerprint density at radius 1 is 1.29 bits per heavy atom. The van der Waals surface area contributed by atoms with Gasteiger partial charge in [-0.1, -0.05) is 29.8 Å². The molecule has 1 fully saturated rings. The Balaban J connectivity index is 1.46. The van der Waals surface area contributed by atoms with Gasteiger partial charge in [-0.3, -0.25) is 9.79 Å². The number of benzene rings is 1. The first-order valence-electron chi connectivity index (χ1n) is 11.2. The summed E-state index contributed by atoms with van der Waals surface area (Å²) < 4.78 is 0. The Hall–Kier alpha value is -3.65. The molecule has 0 saturated heterocycles. The minimum absolute atomic E-state index is 0.00670. The second-order valence-corrected chi connectivity index (χ2v) is 8.84. The third kappa shape index (κ3) is 5.46. The Morgan fingerprint density at radius 3 is 2.88 bits per heavy atom. The van der Waals surface area contributed by atoms with Crippen molar-refractivity contribution in [2.24, 2.45) is 10.7 Å². The number of carbonyl (C=O) groups excluding carboxylic acids is 1. The van der Waals surface area contributed by atoms with E-state index in [1.165, 1.54) is 0 Å². The van der Waals surface area contributed by atoms with Crippen molar-refractivity contribution in [3.05, 3.63) is 65.2 Å². The number of halogens is 1. The molecule has 9 heteroatoms. The van der Waals surface area contributed by atoms with Crippen LogP contribution in [0.1, 0.15) is 32.6 Å². The quantitative estimate of drug-likeness (QED) is 0.226. The first-order valence-corrected chi connectivity index (χ1v) is 11.6. The van der Waals surface area contributed by atoms with Crippen molar-refractivity contribution >= 4 is 41.1 Å². The summed E-state index contributed by atoms with van der Waals surface area (Å²) in [5, 5.41) is 8.02. The molecule has 4 rings (SSSR count). The molecule has 34 heavy (non-hydrogen) atoms. The fourth-order valence-electron chi connectivity index (χ4n) is 4.20. The van der Waals surface area contributed by atoms with Crippen LogP contribution in [0.4, 0.5) is 5.95 Å². The predicted octanol–water partition coefficient (Wildman–Crippen LogP) is 4.56. The molecule has 0 aliphatic heterocycles. The fraction of sp³-hybridized carbons (Fsp3) is 0.280. The van der Waals surface area contributed by atoms with E-state index in [0.717, 1.165) is 42.1 Å². The predicted molar refractivity (Wildman–Crippen MR) is 138 cm³/mol. The Morgan fingerprint density at radius 2 is 2.09 bits per heavy atom. The van der Waals surface area contributed by atoms with Gasteiger partial charge in [-0.15, -0.1) is 0 Å². The lowest BCUT2D eigenvalue weighted by Gasteiger charge is -2.30. The summed E-state index contributed by atoms with van der Waals surface area (Å²) >= 11 is 6.45. The first-order chi connectivity index (χ1) is 16.4. The zero-order chi connectivity index (χ0) is 24.1. The number of allylic oxidation sites excluding steroid dienone is 3. The second-order valence-electron chi connectivity index (χ2n) is 8.44. The van der Waals surface area contributed by atoms with E-state index in [2.05, 4.69) is 32.3 Å². The molecular weight excluding hydrogens is 450 g/mol. The second kappa shape index (κ2) is 10.5. The molecule has 1 aromatic carbocycles. The van der Waals surface area contributed by atoms with Crippen molar-refractivity contribution in [2.45, 2.75) is 44.7 Å². The van der Waals surface area contributed by atoms with Crippen LogP contribution in [0.5, 0.6) is 0 Å². The number of amides is 1. The fourth-order valence-corrected chi connectivity index (χ4v) is 4.39. The van der Waals surface area contributed by atoms with Gasteiger partial charge in [0.2, 0.25) is 5.95 Å². The molecule has 1 aliphatic carbocycles. The Labute approximate surface area is 203 Å². The van der Waals surface area contributed by atoms with E-state index in [1.807, 2.05) is 30.5 Å². The van der Waals surface area contributed by atoms with Gasteiger partial charge in [-0.25, -0.2) is 9.97 Å². The van der Waals surface area contributed by atoms with Crippen LogP contribution in [0.2, 0.25) is 5.02 Å². The van der Waals surface area contributed by atoms with E-state index in [1.54, 1.807) is 25.3 Å². The highest BCUT2D eigenvalue weighted by Crippen LogP contribution is 2.32. The summed E-state index contributed by atoms with van der Waals surface area (Å²) in [5.41, 5.74) is 9.09. The van der Waals surface area contributed by atoms with Crippen LogP contribution in [0.3, 0.4) is 0 Å². The molecule has 1 amide bonds. The number of aromatic amines is 1. The maximum absolute atomic E-state index is 12.6. The zero-order valence-corrected chi connectivity index (χ0v) is 19.8. The molecule has 3 aromatic rings. The van der Waals surface area contributed by atoms with Gasteiger partial charge in [0.1, 0.15) is 5.70 Å². The van der Waals surface area contributed by atoms with E-state index in [4.69, 9.17) is 22.3 Å². The van der Waals surface area contributed by atoms with Crippen molar-refractivity contribution in [1.82, 2.24) is 20.3 Å². The number of hydrogen-bond donors (Lipinski definition) is 4. The number of anilines is 1. The molecular formula is C25H28ClN7O. The molecule has 1 saturated carbocycles. The Bertz CT molecular complexity index is 1260. The van der Waals surface area contributed by atoms with E-state index in [9.17, 15) is 4.79 Å². The van der Waals surface area contributed by atoms with Gasteiger partial charge in [0.25, 0.3) is 5.91 Å². The molecule has 2 atom stereocenters. The third-order valence-corrected chi connectivity index (χ3v) is 6.11. The molecule has 0 unspecified atom stereocenters. The average Bonchev–Trinajstić information content (AvgIpc) is 3.25. The maximum atomic E-state index is 12.6.